The molecule has 6 heteroatoms. The van der Waals surface area contributed by atoms with E-state index in [4.69, 9.17) is 0 Å². The van der Waals surface area contributed by atoms with Crippen molar-refractivity contribution in [3.8, 4) is 0 Å². The first-order chi connectivity index (χ1) is 9.46. The Bertz CT molecular complexity index is 651. The molecule has 1 N–H and O–H groups in total. The van der Waals surface area contributed by atoms with E-state index in [1.165, 1.54) is 6.26 Å². The Labute approximate surface area is 123 Å². The summed E-state index contributed by atoms with van der Waals surface area (Å²) >= 11 is 1.58. The van der Waals surface area contributed by atoms with Crippen molar-refractivity contribution in [2.75, 3.05) is 12.0 Å². The molecule has 0 unspecified atom stereocenters. The second-order valence-corrected chi connectivity index (χ2v) is 7.92. The SMILES string of the molecule is Cc1ncsc1CN[C@@H](CS(C)(=O)=O)c1ccccc1. The van der Waals surface area contributed by atoms with Crippen molar-refractivity contribution in [1.29, 1.82) is 0 Å². The minimum atomic E-state index is -3.05. The number of nitrogens with one attached hydrogen (secondary N) is 1. The van der Waals surface area contributed by atoms with Crippen molar-refractivity contribution in [1.82, 2.24) is 10.3 Å². The van der Waals surface area contributed by atoms with Crippen LogP contribution in [-0.2, 0) is 16.4 Å². The van der Waals surface area contributed by atoms with Gasteiger partial charge >= 0.3 is 0 Å². The van der Waals surface area contributed by atoms with E-state index in [-0.39, 0.29) is 11.8 Å². The molecule has 0 aliphatic heterocycles. The Hall–Kier alpha value is -1.24. The van der Waals surface area contributed by atoms with Crippen LogP contribution in [0.4, 0.5) is 0 Å². The van der Waals surface area contributed by atoms with E-state index in [2.05, 4.69) is 10.3 Å². The molecular formula is C14H18N2O2S2. The lowest BCUT2D eigenvalue weighted by molar-refractivity contribution is 0.552. The largest absolute Gasteiger partial charge is 0.304 e. The molecule has 0 bridgehead atoms. The zero-order valence-corrected chi connectivity index (χ0v) is 13.2. The number of hydrogen-bond acceptors (Lipinski definition) is 5. The molecule has 2 rings (SSSR count). The lowest BCUT2D eigenvalue weighted by Gasteiger charge is -2.18. The number of rotatable bonds is 6. The van der Waals surface area contributed by atoms with Crippen LogP contribution in [0.15, 0.2) is 35.8 Å². The van der Waals surface area contributed by atoms with Crippen LogP contribution in [0.25, 0.3) is 0 Å². The summed E-state index contributed by atoms with van der Waals surface area (Å²) in [5.41, 5.74) is 3.79. The molecule has 0 radical (unpaired) electrons. The van der Waals surface area contributed by atoms with Crippen LogP contribution in [0.2, 0.25) is 0 Å². The minimum Gasteiger partial charge on any atom is -0.304 e. The van der Waals surface area contributed by atoms with Crippen LogP contribution < -0.4 is 5.32 Å². The van der Waals surface area contributed by atoms with Gasteiger partial charge in [-0.3, -0.25) is 0 Å². The average Bonchev–Trinajstić information content (AvgIpc) is 2.80. The summed E-state index contributed by atoms with van der Waals surface area (Å²) in [6.45, 7) is 2.59. The van der Waals surface area contributed by atoms with Gasteiger partial charge < -0.3 is 5.32 Å². The highest BCUT2D eigenvalue weighted by Gasteiger charge is 2.17. The standard InChI is InChI=1S/C14H18N2O2S2/c1-11-14(19-10-16-11)8-15-13(9-20(2,17)18)12-6-4-3-5-7-12/h3-7,10,13,15H,8-9H2,1-2H3/t13-/m0/s1. The number of hydrogen-bond donors (Lipinski definition) is 1. The highest BCUT2D eigenvalue weighted by atomic mass is 32.2. The van der Waals surface area contributed by atoms with Crippen molar-refractivity contribution >= 4 is 21.2 Å². The molecule has 2 aromatic rings. The number of aryl methyl sites for hydroxylation is 1. The molecule has 0 aliphatic carbocycles. The lowest BCUT2D eigenvalue weighted by atomic mass is 10.1. The number of benzene rings is 1. The predicted molar refractivity (Wildman–Crippen MR) is 82.6 cm³/mol. The van der Waals surface area contributed by atoms with E-state index in [0.29, 0.717) is 6.54 Å². The fraction of sp³-hybridized carbons (Fsp3) is 0.357. The molecular weight excluding hydrogens is 292 g/mol. The number of aromatic nitrogens is 1. The molecule has 0 fully saturated rings. The van der Waals surface area contributed by atoms with Crippen molar-refractivity contribution in [2.45, 2.75) is 19.5 Å². The van der Waals surface area contributed by atoms with Gasteiger partial charge in [-0.25, -0.2) is 13.4 Å². The maximum atomic E-state index is 11.6. The van der Waals surface area contributed by atoms with E-state index in [9.17, 15) is 8.42 Å². The maximum absolute atomic E-state index is 11.6. The molecule has 4 nitrogen and oxygen atoms in total. The van der Waals surface area contributed by atoms with Gasteiger partial charge in [0.05, 0.1) is 17.0 Å². The van der Waals surface area contributed by atoms with Gasteiger partial charge in [-0.1, -0.05) is 30.3 Å². The Morgan fingerprint density at radius 3 is 2.55 bits per heavy atom. The van der Waals surface area contributed by atoms with Gasteiger partial charge in [0, 0.05) is 23.7 Å². The highest BCUT2D eigenvalue weighted by Crippen LogP contribution is 2.18. The molecule has 20 heavy (non-hydrogen) atoms. The normalized spacial score (nSPS) is 13.3. The van der Waals surface area contributed by atoms with Crippen molar-refractivity contribution in [3.63, 3.8) is 0 Å². The summed E-state index contributed by atoms with van der Waals surface area (Å²) in [7, 11) is -3.05. The molecule has 0 saturated heterocycles. The van der Waals surface area contributed by atoms with Gasteiger partial charge in [0.15, 0.2) is 0 Å². The Morgan fingerprint density at radius 2 is 2.00 bits per heavy atom. The summed E-state index contributed by atoms with van der Waals surface area (Å²) in [6, 6.07) is 9.46. The Balaban J connectivity index is 2.13. The van der Waals surface area contributed by atoms with Gasteiger partial charge in [-0.2, -0.15) is 0 Å². The fourth-order valence-electron chi connectivity index (χ4n) is 1.97. The van der Waals surface area contributed by atoms with Crippen LogP contribution in [0.1, 0.15) is 22.2 Å². The summed E-state index contributed by atoms with van der Waals surface area (Å²) in [4.78, 5) is 5.34. The van der Waals surface area contributed by atoms with E-state index in [1.807, 2.05) is 37.3 Å². The van der Waals surface area contributed by atoms with Crippen molar-refractivity contribution < 1.29 is 8.42 Å². The molecule has 0 amide bonds. The first-order valence-corrected chi connectivity index (χ1v) is 9.25. The quantitative estimate of drug-likeness (QED) is 0.889. The summed E-state index contributed by atoms with van der Waals surface area (Å²) in [5, 5.41) is 3.33. The molecule has 0 aliphatic rings. The zero-order valence-electron chi connectivity index (χ0n) is 11.5. The average molecular weight is 310 g/mol. The van der Waals surface area contributed by atoms with Crippen molar-refractivity contribution in [2.24, 2.45) is 0 Å². The smallest absolute Gasteiger partial charge is 0.149 e. The molecule has 1 heterocycles. The lowest BCUT2D eigenvalue weighted by Crippen LogP contribution is -2.27. The monoisotopic (exact) mass is 310 g/mol. The molecule has 1 atom stereocenters. The Kier molecular flexibility index (Phi) is 4.91. The maximum Gasteiger partial charge on any atom is 0.149 e. The van der Waals surface area contributed by atoms with E-state index >= 15 is 0 Å². The predicted octanol–water partition coefficient (Wildman–Crippen LogP) is 2.33. The summed E-state index contributed by atoms with van der Waals surface area (Å²) < 4.78 is 23.2. The molecule has 108 valence electrons. The third kappa shape index (κ3) is 4.40. The second-order valence-electron chi connectivity index (χ2n) is 4.80. The third-order valence-corrected chi connectivity index (χ3v) is 4.90. The first kappa shape index (κ1) is 15.2. The van der Waals surface area contributed by atoms with Gasteiger partial charge in [0.1, 0.15) is 9.84 Å². The summed E-state index contributed by atoms with van der Waals surface area (Å²) in [6.07, 6.45) is 1.27. The van der Waals surface area contributed by atoms with Crippen LogP contribution in [0, 0.1) is 6.92 Å². The van der Waals surface area contributed by atoms with Gasteiger partial charge in [-0.05, 0) is 12.5 Å². The van der Waals surface area contributed by atoms with Crippen LogP contribution >= 0.6 is 11.3 Å². The highest BCUT2D eigenvalue weighted by molar-refractivity contribution is 7.90. The second kappa shape index (κ2) is 6.47. The van der Waals surface area contributed by atoms with Gasteiger partial charge in [0.25, 0.3) is 0 Å². The van der Waals surface area contributed by atoms with E-state index in [1.54, 1.807) is 16.8 Å². The fourth-order valence-corrected chi connectivity index (χ4v) is 3.62. The molecule has 1 aromatic heterocycles. The molecule has 0 spiro atoms. The third-order valence-electron chi connectivity index (χ3n) is 3.03. The van der Waals surface area contributed by atoms with Crippen LogP contribution in [-0.4, -0.2) is 25.4 Å². The van der Waals surface area contributed by atoms with Crippen LogP contribution in [0.5, 0.6) is 0 Å². The van der Waals surface area contributed by atoms with Crippen molar-refractivity contribution in [3.05, 3.63) is 52.0 Å². The minimum absolute atomic E-state index is 0.0921. The number of thiazole rings is 1. The van der Waals surface area contributed by atoms with E-state index in [0.717, 1.165) is 16.1 Å². The van der Waals surface area contributed by atoms with Gasteiger partial charge in [0.2, 0.25) is 0 Å². The summed E-state index contributed by atoms with van der Waals surface area (Å²) in [5.74, 6) is 0.0921. The first-order valence-electron chi connectivity index (χ1n) is 6.31. The van der Waals surface area contributed by atoms with E-state index < -0.39 is 9.84 Å². The van der Waals surface area contributed by atoms with Crippen LogP contribution in [0.3, 0.4) is 0 Å². The zero-order chi connectivity index (χ0) is 14.6. The molecule has 0 saturated carbocycles. The number of sulfone groups is 1. The topological polar surface area (TPSA) is 59.1 Å². The molecule has 1 aromatic carbocycles. The van der Waals surface area contributed by atoms with Gasteiger partial charge in [-0.15, -0.1) is 11.3 Å². The number of nitrogens with zero attached hydrogens (tertiary/aromatic N) is 1. The Morgan fingerprint density at radius 1 is 1.30 bits per heavy atom.